The summed E-state index contributed by atoms with van der Waals surface area (Å²) in [5, 5.41) is 20.0. The Labute approximate surface area is 179 Å². The zero-order valence-electron chi connectivity index (χ0n) is 15.3. The molecule has 0 unspecified atom stereocenters. The van der Waals surface area contributed by atoms with Crippen molar-refractivity contribution in [2.75, 3.05) is 13.7 Å². The SMILES string of the molecule is COc1cc(/C=C2/SC(=S)N(CC(=O)O)C2=O)ccc1Oc1ncccc1[N+](=O)[O-]. The molecule has 0 saturated carbocycles. The molecule has 2 aromatic rings. The van der Waals surface area contributed by atoms with Crippen LogP contribution in [-0.4, -0.2) is 49.8 Å². The Bertz CT molecular complexity index is 1090. The predicted octanol–water partition coefficient (Wildman–Crippen LogP) is 3.08. The summed E-state index contributed by atoms with van der Waals surface area (Å²) in [5.41, 5.74) is 0.260. The van der Waals surface area contributed by atoms with Gasteiger partial charge in [0.15, 0.2) is 11.5 Å². The number of ether oxygens (including phenoxy) is 2. The second-order valence-corrected chi connectivity index (χ2v) is 7.43. The average Bonchev–Trinajstić information content (AvgIpc) is 2.96. The molecule has 3 rings (SSSR count). The molecule has 1 amide bonds. The van der Waals surface area contributed by atoms with Gasteiger partial charge >= 0.3 is 11.7 Å². The van der Waals surface area contributed by atoms with Crippen LogP contribution in [0.2, 0.25) is 0 Å². The monoisotopic (exact) mass is 447 g/mol. The van der Waals surface area contributed by atoms with Gasteiger partial charge in [0.25, 0.3) is 11.8 Å². The molecule has 10 nitrogen and oxygen atoms in total. The highest BCUT2D eigenvalue weighted by Crippen LogP contribution is 2.37. The number of thiocarbonyl (C=S) groups is 1. The van der Waals surface area contributed by atoms with E-state index in [-0.39, 0.29) is 32.3 Å². The van der Waals surface area contributed by atoms with E-state index in [9.17, 15) is 19.7 Å². The molecule has 0 atom stereocenters. The van der Waals surface area contributed by atoms with Crippen molar-refractivity contribution in [3.05, 3.63) is 57.1 Å². The smallest absolute Gasteiger partial charge is 0.331 e. The van der Waals surface area contributed by atoms with Crippen LogP contribution in [0, 0.1) is 10.1 Å². The number of pyridine rings is 1. The van der Waals surface area contributed by atoms with Crippen molar-refractivity contribution in [1.82, 2.24) is 9.88 Å². The third kappa shape index (κ3) is 4.55. The van der Waals surface area contributed by atoms with E-state index < -0.39 is 23.3 Å². The predicted molar refractivity (Wildman–Crippen MR) is 111 cm³/mol. The Balaban J connectivity index is 1.87. The van der Waals surface area contributed by atoms with Gasteiger partial charge in [-0.05, 0) is 29.8 Å². The molecule has 0 radical (unpaired) electrons. The first-order chi connectivity index (χ1) is 14.3. The number of nitrogens with zero attached hydrogens (tertiary/aromatic N) is 3. The number of benzene rings is 1. The van der Waals surface area contributed by atoms with Crippen LogP contribution in [0.25, 0.3) is 6.08 Å². The molecule has 1 aromatic heterocycles. The van der Waals surface area contributed by atoms with E-state index in [1.165, 1.54) is 37.6 Å². The fourth-order valence-corrected chi connectivity index (χ4v) is 3.74. The average molecular weight is 447 g/mol. The summed E-state index contributed by atoms with van der Waals surface area (Å²) in [4.78, 5) is 38.9. The Kier molecular flexibility index (Phi) is 6.28. The largest absolute Gasteiger partial charge is 0.493 e. The number of carbonyl (C=O) groups is 2. The summed E-state index contributed by atoms with van der Waals surface area (Å²) >= 11 is 6.05. The van der Waals surface area contributed by atoms with Gasteiger partial charge in [-0.3, -0.25) is 24.6 Å². The number of carboxylic acids is 1. The molecule has 154 valence electrons. The van der Waals surface area contributed by atoms with E-state index in [1.54, 1.807) is 12.1 Å². The highest BCUT2D eigenvalue weighted by Gasteiger charge is 2.33. The zero-order valence-corrected chi connectivity index (χ0v) is 16.9. The molecule has 0 bridgehead atoms. The van der Waals surface area contributed by atoms with Crippen molar-refractivity contribution in [2.24, 2.45) is 0 Å². The zero-order chi connectivity index (χ0) is 21.8. The minimum absolute atomic E-state index is 0.156. The lowest BCUT2D eigenvalue weighted by Gasteiger charge is -2.11. The molecule has 0 spiro atoms. The lowest BCUT2D eigenvalue weighted by Crippen LogP contribution is -2.33. The number of carboxylic acid groups (broad SMARTS) is 1. The quantitative estimate of drug-likeness (QED) is 0.292. The number of rotatable bonds is 7. The first-order valence-corrected chi connectivity index (χ1v) is 9.45. The van der Waals surface area contributed by atoms with Gasteiger partial charge in [0.05, 0.1) is 16.9 Å². The molecule has 1 aliphatic rings. The highest BCUT2D eigenvalue weighted by molar-refractivity contribution is 8.26. The molecule has 2 heterocycles. The van der Waals surface area contributed by atoms with Gasteiger partial charge in [0.2, 0.25) is 0 Å². The van der Waals surface area contributed by atoms with E-state index in [2.05, 4.69) is 4.98 Å². The molecule has 1 fully saturated rings. The minimum atomic E-state index is -1.17. The van der Waals surface area contributed by atoms with E-state index >= 15 is 0 Å². The molecule has 12 heteroatoms. The van der Waals surface area contributed by atoms with E-state index in [0.717, 1.165) is 16.7 Å². The van der Waals surface area contributed by atoms with Gasteiger partial charge in [-0.1, -0.05) is 30.0 Å². The fraction of sp³-hybridized carbons (Fsp3) is 0.111. The third-order valence-electron chi connectivity index (χ3n) is 3.81. The van der Waals surface area contributed by atoms with E-state index in [1.807, 2.05) is 0 Å². The maximum atomic E-state index is 12.4. The number of amides is 1. The highest BCUT2D eigenvalue weighted by atomic mass is 32.2. The molecule has 30 heavy (non-hydrogen) atoms. The molecule has 0 aliphatic carbocycles. The molecular formula is C18H13N3O7S2. The van der Waals surface area contributed by atoms with Crippen molar-refractivity contribution in [3.63, 3.8) is 0 Å². The number of methoxy groups -OCH3 is 1. The first kappa shape index (κ1) is 21.2. The minimum Gasteiger partial charge on any atom is -0.493 e. The number of nitro groups is 1. The summed E-state index contributed by atoms with van der Waals surface area (Å²) in [6.07, 6.45) is 2.90. The number of carbonyl (C=O) groups excluding carboxylic acids is 1. The van der Waals surface area contributed by atoms with Gasteiger partial charge in [0.1, 0.15) is 10.9 Å². The van der Waals surface area contributed by atoms with Crippen LogP contribution in [0.15, 0.2) is 41.4 Å². The van der Waals surface area contributed by atoms with Gasteiger partial charge in [-0.25, -0.2) is 4.98 Å². The molecular weight excluding hydrogens is 434 g/mol. The number of hydrogen-bond donors (Lipinski definition) is 1. The Morgan fingerprint density at radius 2 is 2.17 bits per heavy atom. The van der Waals surface area contributed by atoms with Crippen LogP contribution in [0.1, 0.15) is 5.56 Å². The van der Waals surface area contributed by atoms with Crippen LogP contribution >= 0.6 is 24.0 Å². The lowest BCUT2D eigenvalue weighted by atomic mass is 10.2. The Morgan fingerprint density at radius 1 is 1.40 bits per heavy atom. The van der Waals surface area contributed by atoms with Gasteiger partial charge < -0.3 is 14.6 Å². The van der Waals surface area contributed by atoms with Crippen molar-refractivity contribution < 1.29 is 29.1 Å². The summed E-state index contributed by atoms with van der Waals surface area (Å²) in [6.45, 7) is -0.513. The number of aromatic nitrogens is 1. The summed E-state index contributed by atoms with van der Waals surface area (Å²) < 4.78 is 11.0. The van der Waals surface area contributed by atoms with E-state index in [4.69, 9.17) is 26.8 Å². The third-order valence-corrected chi connectivity index (χ3v) is 5.18. The topological polar surface area (TPSA) is 132 Å². The molecule has 1 N–H and O–H groups in total. The molecule has 1 aliphatic heterocycles. The van der Waals surface area contributed by atoms with Crippen molar-refractivity contribution in [2.45, 2.75) is 0 Å². The normalized spacial score (nSPS) is 14.8. The Morgan fingerprint density at radius 3 is 2.83 bits per heavy atom. The van der Waals surface area contributed by atoms with Crippen LogP contribution < -0.4 is 9.47 Å². The number of thioether (sulfide) groups is 1. The summed E-state index contributed by atoms with van der Waals surface area (Å²) in [5.74, 6) is -1.42. The van der Waals surface area contributed by atoms with Crippen LogP contribution in [0.5, 0.6) is 17.4 Å². The second kappa shape index (κ2) is 8.88. The summed E-state index contributed by atoms with van der Waals surface area (Å²) in [6, 6.07) is 7.37. The van der Waals surface area contributed by atoms with Crippen LogP contribution in [0.4, 0.5) is 5.69 Å². The molecule has 1 aromatic carbocycles. The number of hydrogen-bond acceptors (Lipinski definition) is 9. The van der Waals surface area contributed by atoms with Gasteiger partial charge in [0, 0.05) is 12.3 Å². The first-order valence-electron chi connectivity index (χ1n) is 8.22. The molecule has 1 saturated heterocycles. The van der Waals surface area contributed by atoms with Crippen molar-refractivity contribution in [1.29, 1.82) is 0 Å². The van der Waals surface area contributed by atoms with Gasteiger partial charge in [-0.2, -0.15) is 0 Å². The van der Waals surface area contributed by atoms with E-state index in [0.29, 0.717) is 5.56 Å². The van der Waals surface area contributed by atoms with Crippen molar-refractivity contribution in [3.8, 4) is 17.4 Å². The fourth-order valence-electron chi connectivity index (χ4n) is 2.49. The maximum absolute atomic E-state index is 12.4. The lowest BCUT2D eigenvalue weighted by molar-refractivity contribution is -0.386. The Hall–Kier alpha value is -3.51. The standard InChI is InChI=1S/C18H13N3O7S2/c1-27-13-7-10(8-14-17(24)20(9-15(22)23)18(29)30-14)4-5-12(13)28-16-11(21(25)26)3-2-6-19-16/h2-8H,9H2,1H3,(H,22,23)/b14-8+. The van der Waals surface area contributed by atoms with Crippen LogP contribution in [0.3, 0.4) is 0 Å². The van der Waals surface area contributed by atoms with Crippen LogP contribution in [-0.2, 0) is 9.59 Å². The summed E-state index contributed by atoms with van der Waals surface area (Å²) in [7, 11) is 1.39. The number of aliphatic carboxylic acids is 1. The van der Waals surface area contributed by atoms with Gasteiger partial charge in [-0.15, -0.1) is 0 Å². The maximum Gasteiger partial charge on any atom is 0.331 e. The second-order valence-electron chi connectivity index (χ2n) is 5.76. The van der Waals surface area contributed by atoms with Crippen molar-refractivity contribution >= 4 is 51.9 Å².